The average Bonchev–Trinajstić information content (AvgIpc) is 3.10. The van der Waals surface area contributed by atoms with Crippen LogP contribution in [0.1, 0.15) is 43.0 Å². The molecule has 1 aromatic heterocycles. The lowest BCUT2D eigenvalue weighted by Gasteiger charge is -2.31. The number of methoxy groups -OCH3 is 1. The maximum atomic E-state index is 5.66. The first kappa shape index (κ1) is 16.6. The van der Waals surface area contributed by atoms with E-state index in [2.05, 4.69) is 36.3 Å². The zero-order chi connectivity index (χ0) is 17.4. The van der Waals surface area contributed by atoms with Crippen LogP contribution in [-0.4, -0.2) is 43.2 Å². The molecule has 0 unspecified atom stereocenters. The number of benzene rings is 1. The fraction of sp³-hybridized carbons (Fsp3) is 0.571. The van der Waals surface area contributed by atoms with E-state index in [1.165, 1.54) is 60.2 Å². The van der Waals surface area contributed by atoms with Gasteiger partial charge in [0.25, 0.3) is 0 Å². The van der Waals surface area contributed by atoms with Gasteiger partial charge in [-0.25, -0.2) is 0 Å². The van der Waals surface area contributed by atoms with E-state index < -0.39 is 0 Å². The van der Waals surface area contributed by atoms with Gasteiger partial charge in [0, 0.05) is 22.8 Å². The molecule has 1 fully saturated rings. The lowest BCUT2D eigenvalue weighted by atomic mass is 10.00. The summed E-state index contributed by atoms with van der Waals surface area (Å²) in [7, 11) is 3.98. The summed E-state index contributed by atoms with van der Waals surface area (Å²) in [6, 6.07) is 4.99. The van der Waals surface area contributed by atoms with Gasteiger partial charge in [-0.1, -0.05) is 6.92 Å². The molecule has 2 heterocycles. The number of hydrogen-bond donors (Lipinski definition) is 1. The van der Waals surface area contributed by atoms with Crippen molar-refractivity contribution in [3.8, 4) is 5.75 Å². The van der Waals surface area contributed by atoms with Gasteiger partial charge in [-0.15, -0.1) is 0 Å². The zero-order valence-electron chi connectivity index (χ0n) is 15.7. The van der Waals surface area contributed by atoms with Crippen molar-refractivity contribution in [1.82, 2.24) is 9.88 Å². The minimum atomic E-state index is 0.559. The lowest BCUT2D eigenvalue weighted by molar-refractivity contribution is 0.264. The summed E-state index contributed by atoms with van der Waals surface area (Å²) in [5.74, 6) is 0.987. The molecule has 4 nitrogen and oxygen atoms in total. The first-order valence-electron chi connectivity index (χ1n) is 9.67. The van der Waals surface area contributed by atoms with Crippen LogP contribution >= 0.6 is 0 Å². The molecule has 0 atom stereocenters. The number of piperidine rings is 1. The summed E-state index contributed by atoms with van der Waals surface area (Å²) < 4.78 is 5.66. The van der Waals surface area contributed by atoms with E-state index in [1.54, 1.807) is 7.11 Å². The molecular formula is C21H29N3O. The van der Waals surface area contributed by atoms with E-state index in [1.807, 2.05) is 0 Å². The Labute approximate surface area is 150 Å². The fourth-order valence-electron chi connectivity index (χ4n) is 4.32. The molecule has 0 bridgehead atoms. The van der Waals surface area contributed by atoms with Crippen LogP contribution in [0.25, 0.3) is 10.9 Å². The van der Waals surface area contributed by atoms with Gasteiger partial charge in [0.15, 0.2) is 0 Å². The molecule has 0 spiro atoms. The van der Waals surface area contributed by atoms with Crippen LogP contribution in [0.2, 0.25) is 0 Å². The molecule has 0 radical (unpaired) electrons. The molecule has 0 amide bonds. The van der Waals surface area contributed by atoms with Crippen LogP contribution in [0.4, 0.5) is 5.69 Å². The van der Waals surface area contributed by atoms with Crippen LogP contribution in [0.3, 0.4) is 0 Å². The molecule has 2 aliphatic rings. The van der Waals surface area contributed by atoms with E-state index in [0.717, 1.165) is 30.5 Å². The molecule has 134 valence electrons. The molecular weight excluding hydrogens is 310 g/mol. The quantitative estimate of drug-likeness (QED) is 0.919. The Morgan fingerprint density at radius 2 is 2.04 bits per heavy atom. The third-order valence-electron chi connectivity index (χ3n) is 5.86. The summed E-state index contributed by atoms with van der Waals surface area (Å²) in [6.45, 7) is 4.52. The highest BCUT2D eigenvalue weighted by Gasteiger charge is 2.24. The molecule has 1 saturated heterocycles. The predicted molar refractivity (Wildman–Crippen MR) is 104 cm³/mol. The molecule has 1 aliphatic carbocycles. The van der Waals surface area contributed by atoms with E-state index >= 15 is 0 Å². The molecule has 0 saturated carbocycles. The standard InChI is InChI=1S/C21H29N3O/c1-4-14-12-19-17(13-20(14)25-3)21(16-6-5-7-18(16)23-19)22-15-8-10-24(2)11-9-15/h12-13,15H,4-11H2,1-3H3,(H,22,23). The largest absolute Gasteiger partial charge is 0.496 e. The second-order valence-corrected chi connectivity index (χ2v) is 7.52. The number of aromatic nitrogens is 1. The number of fused-ring (bicyclic) bond motifs is 2. The molecule has 1 aliphatic heterocycles. The normalized spacial score (nSPS) is 18.5. The van der Waals surface area contributed by atoms with Gasteiger partial charge < -0.3 is 15.0 Å². The summed E-state index contributed by atoms with van der Waals surface area (Å²) >= 11 is 0. The van der Waals surface area contributed by atoms with Crippen LogP contribution in [0.5, 0.6) is 5.75 Å². The highest BCUT2D eigenvalue weighted by atomic mass is 16.5. The Hall–Kier alpha value is -1.81. The van der Waals surface area contributed by atoms with Crippen LogP contribution in [-0.2, 0) is 19.3 Å². The van der Waals surface area contributed by atoms with Gasteiger partial charge in [-0.3, -0.25) is 4.98 Å². The van der Waals surface area contributed by atoms with Gasteiger partial charge in [0.05, 0.1) is 12.6 Å². The van der Waals surface area contributed by atoms with Crippen molar-refractivity contribution in [2.45, 2.75) is 51.5 Å². The number of likely N-dealkylation sites (tertiary alicyclic amines) is 1. The summed E-state index contributed by atoms with van der Waals surface area (Å²) in [5.41, 5.74) is 6.43. The van der Waals surface area contributed by atoms with Crippen LogP contribution in [0, 0.1) is 0 Å². The SMILES string of the molecule is CCc1cc2nc3c(c(NC4CCN(C)CC4)c2cc1OC)CCC3. The highest BCUT2D eigenvalue weighted by molar-refractivity contribution is 5.95. The maximum Gasteiger partial charge on any atom is 0.122 e. The van der Waals surface area contributed by atoms with Gasteiger partial charge in [-0.05, 0) is 81.9 Å². The number of hydrogen-bond acceptors (Lipinski definition) is 4. The molecule has 1 N–H and O–H groups in total. The number of aryl methyl sites for hydroxylation is 2. The van der Waals surface area contributed by atoms with Crippen molar-refractivity contribution in [3.05, 3.63) is 29.0 Å². The van der Waals surface area contributed by atoms with Gasteiger partial charge in [0.2, 0.25) is 0 Å². The van der Waals surface area contributed by atoms with E-state index in [9.17, 15) is 0 Å². The molecule has 1 aromatic carbocycles. The van der Waals surface area contributed by atoms with Crippen molar-refractivity contribution < 1.29 is 4.74 Å². The molecule has 4 rings (SSSR count). The monoisotopic (exact) mass is 339 g/mol. The van der Waals surface area contributed by atoms with Crippen molar-refractivity contribution >= 4 is 16.6 Å². The Bertz CT molecular complexity index is 779. The topological polar surface area (TPSA) is 37.4 Å². The number of ether oxygens (including phenoxy) is 1. The first-order chi connectivity index (χ1) is 12.2. The Morgan fingerprint density at radius 1 is 1.24 bits per heavy atom. The second-order valence-electron chi connectivity index (χ2n) is 7.52. The lowest BCUT2D eigenvalue weighted by Crippen LogP contribution is -2.37. The summed E-state index contributed by atoms with van der Waals surface area (Å²) in [5, 5.41) is 5.14. The van der Waals surface area contributed by atoms with Crippen LogP contribution in [0.15, 0.2) is 12.1 Å². The molecule has 25 heavy (non-hydrogen) atoms. The smallest absolute Gasteiger partial charge is 0.122 e. The Balaban J connectivity index is 1.80. The second kappa shape index (κ2) is 6.83. The van der Waals surface area contributed by atoms with Crippen molar-refractivity contribution in [2.75, 3.05) is 32.6 Å². The minimum Gasteiger partial charge on any atom is -0.496 e. The minimum absolute atomic E-state index is 0.559. The molecule has 4 heteroatoms. The van der Waals surface area contributed by atoms with Crippen molar-refractivity contribution in [3.63, 3.8) is 0 Å². The summed E-state index contributed by atoms with van der Waals surface area (Å²) in [4.78, 5) is 7.42. The highest BCUT2D eigenvalue weighted by Crippen LogP contribution is 2.38. The summed E-state index contributed by atoms with van der Waals surface area (Å²) in [6.07, 6.45) is 6.86. The molecule has 2 aromatic rings. The van der Waals surface area contributed by atoms with Gasteiger partial charge in [0.1, 0.15) is 5.75 Å². The first-order valence-corrected chi connectivity index (χ1v) is 9.67. The zero-order valence-corrected chi connectivity index (χ0v) is 15.7. The van der Waals surface area contributed by atoms with Gasteiger partial charge >= 0.3 is 0 Å². The van der Waals surface area contributed by atoms with Crippen molar-refractivity contribution in [1.29, 1.82) is 0 Å². The van der Waals surface area contributed by atoms with Gasteiger partial charge in [-0.2, -0.15) is 0 Å². The number of nitrogens with zero attached hydrogens (tertiary/aromatic N) is 2. The van der Waals surface area contributed by atoms with E-state index in [4.69, 9.17) is 9.72 Å². The maximum absolute atomic E-state index is 5.66. The fourth-order valence-corrected chi connectivity index (χ4v) is 4.32. The Kier molecular flexibility index (Phi) is 4.55. The number of anilines is 1. The Morgan fingerprint density at radius 3 is 2.76 bits per heavy atom. The average molecular weight is 339 g/mol. The van der Waals surface area contributed by atoms with Crippen LogP contribution < -0.4 is 10.1 Å². The third kappa shape index (κ3) is 3.08. The third-order valence-corrected chi connectivity index (χ3v) is 5.86. The number of pyridine rings is 1. The van der Waals surface area contributed by atoms with E-state index in [-0.39, 0.29) is 0 Å². The number of nitrogens with one attached hydrogen (secondary N) is 1. The predicted octanol–water partition coefficient (Wildman–Crippen LogP) is 3.80. The van der Waals surface area contributed by atoms with Crippen molar-refractivity contribution in [2.24, 2.45) is 0 Å². The van der Waals surface area contributed by atoms with E-state index in [0.29, 0.717) is 6.04 Å². The number of rotatable bonds is 4.